The summed E-state index contributed by atoms with van der Waals surface area (Å²) in [5.74, 6) is 1.68. The molecule has 0 saturated heterocycles. The Morgan fingerprint density at radius 3 is 2.39 bits per heavy atom. The molecule has 1 aromatic carbocycles. The van der Waals surface area contributed by atoms with E-state index in [2.05, 4.69) is 34.6 Å². The molecule has 1 fully saturated rings. The Balaban J connectivity index is 1.82. The van der Waals surface area contributed by atoms with E-state index < -0.39 is 0 Å². The maximum atomic E-state index is 9.63. The fourth-order valence-electron chi connectivity index (χ4n) is 2.91. The number of rotatable bonds is 8. The number of nitrogens with one attached hydrogen (secondary N) is 2. The number of aliphatic imine (C=N–C) groups is 1. The molecule has 0 aromatic heterocycles. The number of nitrogens with zero attached hydrogens (tertiary/aromatic N) is 2. The predicted molar refractivity (Wildman–Crippen MR) is 95.8 cm³/mol. The molecule has 3 N–H and O–H groups in total. The van der Waals surface area contributed by atoms with Crippen LogP contribution in [0.4, 0.5) is 0 Å². The standard InChI is InChI=1S/C18H30N4O/c1-19-18(21-12-17(22(2)3)15-9-10-15)20-11-16(13-23)14-7-5-4-6-8-14/h4-8,15-17,23H,9-13H2,1-3H3,(H2,19,20,21). The number of aliphatic hydroxyl groups is 1. The van der Waals surface area contributed by atoms with Crippen molar-refractivity contribution < 1.29 is 5.11 Å². The van der Waals surface area contributed by atoms with Gasteiger partial charge in [-0.15, -0.1) is 0 Å². The zero-order valence-electron chi connectivity index (χ0n) is 14.5. The highest BCUT2D eigenvalue weighted by Crippen LogP contribution is 2.34. The van der Waals surface area contributed by atoms with Crippen LogP contribution >= 0.6 is 0 Å². The van der Waals surface area contributed by atoms with E-state index in [1.807, 2.05) is 30.3 Å². The number of aliphatic hydroxyl groups excluding tert-OH is 1. The summed E-state index contributed by atoms with van der Waals surface area (Å²) >= 11 is 0. The van der Waals surface area contributed by atoms with Crippen molar-refractivity contribution in [3.05, 3.63) is 35.9 Å². The summed E-state index contributed by atoms with van der Waals surface area (Å²) < 4.78 is 0. The van der Waals surface area contributed by atoms with E-state index in [0.717, 1.165) is 24.0 Å². The van der Waals surface area contributed by atoms with Crippen molar-refractivity contribution in [1.29, 1.82) is 0 Å². The van der Waals surface area contributed by atoms with Gasteiger partial charge < -0.3 is 20.6 Å². The zero-order chi connectivity index (χ0) is 16.7. The van der Waals surface area contributed by atoms with Gasteiger partial charge in [0.2, 0.25) is 0 Å². The van der Waals surface area contributed by atoms with Crippen molar-refractivity contribution in [3.63, 3.8) is 0 Å². The molecule has 23 heavy (non-hydrogen) atoms. The SMILES string of the molecule is CN=C(NCC(CO)c1ccccc1)NCC(C1CC1)N(C)C. The third-order valence-electron chi connectivity index (χ3n) is 4.54. The minimum absolute atomic E-state index is 0.0721. The highest BCUT2D eigenvalue weighted by molar-refractivity contribution is 5.79. The van der Waals surface area contributed by atoms with Gasteiger partial charge in [-0.05, 0) is 38.4 Å². The van der Waals surface area contributed by atoms with Gasteiger partial charge in [0, 0.05) is 32.1 Å². The summed E-state index contributed by atoms with van der Waals surface area (Å²) in [5.41, 5.74) is 1.14. The minimum atomic E-state index is 0.0721. The van der Waals surface area contributed by atoms with Crippen LogP contribution in [0.25, 0.3) is 0 Å². The quantitative estimate of drug-likeness (QED) is 0.499. The topological polar surface area (TPSA) is 59.9 Å². The largest absolute Gasteiger partial charge is 0.396 e. The number of hydrogen-bond donors (Lipinski definition) is 3. The lowest BCUT2D eigenvalue weighted by molar-refractivity contribution is 0.261. The maximum absolute atomic E-state index is 9.63. The summed E-state index contributed by atoms with van der Waals surface area (Å²) in [6.07, 6.45) is 2.66. The molecule has 1 aliphatic carbocycles. The average Bonchev–Trinajstić information content (AvgIpc) is 3.39. The van der Waals surface area contributed by atoms with Crippen LogP contribution in [-0.4, -0.2) is 62.8 Å². The first-order valence-corrected chi connectivity index (χ1v) is 8.42. The minimum Gasteiger partial charge on any atom is -0.396 e. The second-order valence-electron chi connectivity index (χ2n) is 6.49. The summed E-state index contributed by atoms with van der Waals surface area (Å²) in [6, 6.07) is 10.6. The van der Waals surface area contributed by atoms with Crippen molar-refractivity contribution in [2.75, 3.05) is 40.8 Å². The number of benzene rings is 1. The first kappa shape index (κ1) is 17.8. The lowest BCUT2D eigenvalue weighted by Gasteiger charge is -2.26. The van der Waals surface area contributed by atoms with E-state index in [4.69, 9.17) is 0 Å². The molecule has 0 aliphatic heterocycles. The lowest BCUT2D eigenvalue weighted by Crippen LogP contribution is -2.46. The first-order chi connectivity index (χ1) is 11.2. The Bertz CT molecular complexity index is 483. The van der Waals surface area contributed by atoms with Gasteiger partial charge in [-0.25, -0.2) is 0 Å². The Labute approximate surface area is 139 Å². The first-order valence-electron chi connectivity index (χ1n) is 8.42. The number of likely N-dealkylation sites (N-methyl/N-ethyl adjacent to an activating group) is 1. The van der Waals surface area contributed by atoms with Crippen LogP contribution in [0.15, 0.2) is 35.3 Å². The highest BCUT2D eigenvalue weighted by atomic mass is 16.3. The van der Waals surface area contributed by atoms with Gasteiger partial charge in [0.1, 0.15) is 0 Å². The van der Waals surface area contributed by atoms with Crippen molar-refractivity contribution >= 4 is 5.96 Å². The molecule has 0 radical (unpaired) electrons. The van der Waals surface area contributed by atoms with Crippen molar-refractivity contribution in [2.24, 2.45) is 10.9 Å². The summed E-state index contributed by atoms with van der Waals surface area (Å²) in [7, 11) is 6.06. The third-order valence-corrected chi connectivity index (χ3v) is 4.54. The van der Waals surface area contributed by atoms with Crippen LogP contribution in [-0.2, 0) is 0 Å². The van der Waals surface area contributed by atoms with Crippen LogP contribution in [0.2, 0.25) is 0 Å². The molecule has 2 rings (SSSR count). The van der Waals surface area contributed by atoms with Crippen LogP contribution in [0, 0.1) is 5.92 Å². The molecular weight excluding hydrogens is 288 g/mol. The fourth-order valence-corrected chi connectivity index (χ4v) is 2.91. The maximum Gasteiger partial charge on any atom is 0.191 e. The predicted octanol–water partition coefficient (Wildman–Crippen LogP) is 1.27. The van der Waals surface area contributed by atoms with Gasteiger partial charge in [-0.2, -0.15) is 0 Å². The Morgan fingerprint density at radius 2 is 1.87 bits per heavy atom. The molecule has 2 atom stereocenters. The average molecular weight is 318 g/mol. The van der Waals surface area contributed by atoms with E-state index in [9.17, 15) is 5.11 Å². The Morgan fingerprint density at radius 1 is 1.22 bits per heavy atom. The molecular formula is C18H30N4O. The molecule has 1 aromatic rings. The molecule has 1 saturated carbocycles. The monoisotopic (exact) mass is 318 g/mol. The molecule has 128 valence electrons. The van der Waals surface area contributed by atoms with Crippen LogP contribution in [0.1, 0.15) is 24.3 Å². The molecule has 2 unspecified atom stereocenters. The molecule has 0 heterocycles. The summed E-state index contributed by atoms with van der Waals surface area (Å²) in [6.45, 7) is 1.68. The van der Waals surface area contributed by atoms with Gasteiger partial charge >= 0.3 is 0 Å². The van der Waals surface area contributed by atoms with E-state index in [0.29, 0.717) is 12.6 Å². The number of guanidine groups is 1. The smallest absolute Gasteiger partial charge is 0.191 e. The Kier molecular flexibility index (Phi) is 6.86. The molecule has 1 aliphatic rings. The van der Waals surface area contributed by atoms with E-state index in [1.165, 1.54) is 12.8 Å². The van der Waals surface area contributed by atoms with Gasteiger partial charge in [-0.1, -0.05) is 30.3 Å². The van der Waals surface area contributed by atoms with E-state index in [-0.39, 0.29) is 12.5 Å². The van der Waals surface area contributed by atoms with E-state index >= 15 is 0 Å². The normalized spacial score (nSPS) is 17.9. The molecule has 0 spiro atoms. The molecule has 0 bridgehead atoms. The Hall–Kier alpha value is -1.59. The third kappa shape index (κ3) is 5.52. The molecule has 0 amide bonds. The van der Waals surface area contributed by atoms with Gasteiger partial charge in [0.15, 0.2) is 5.96 Å². The van der Waals surface area contributed by atoms with E-state index in [1.54, 1.807) is 7.05 Å². The number of hydrogen-bond acceptors (Lipinski definition) is 3. The lowest BCUT2D eigenvalue weighted by atomic mass is 10.0. The van der Waals surface area contributed by atoms with Gasteiger partial charge in [0.05, 0.1) is 6.61 Å². The second-order valence-corrected chi connectivity index (χ2v) is 6.49. The van der Waals surface area contributed by atoms with Crippen LogP contribution in [0.3, 0.4) is 0 Å². The summed E-state index contributed by atoms with van der Waals surface area (Å²) in [4.78, 5) is 6.58. The zero-order valence-corrected chi connectivity index (χ0v) is 14.5. The highest BCUT2D eigenvalue weighted by Gasteiger charge is 2.32. The molecule has 5 nitrogen and oxygen atoms in total. The van der Waals surface area contributed by atoms with Crippen molar-refractivity contribution in [3.8, 4) is 0 Å². The van der Waals surface area contributed by atoms with Gasteiger partial charge in [0.25, 0.3) is 0 Å². The summed E-state index contributed by atoms with van der Waals surface area (Å²) in [5, 5.41) is 16.4. The molecule has 5 heteroatoms. The van der Waals surface area contributed by atoms with Gasteiger partial charge in [-0.3, -0.25) is 4.99 Å². The second kappa shape index (κ2) is 8.89. The van der Waals surface area contributed by atoms with Crippen molar-refractivity contribution in [2.45, 2.75) is 24.8 Å². The van der Waals surface area contributed by atoms with Crippen LogP contribution < -0.4 is 10.6 Å². The van der Waals surface area contributed by atoms with Crippen LogP contribution in [0.5, 0.6) is 0 Å². The fraction of sp³-hybridized carbons (Fsp3) is 0.611. The van der Waals surface area contributed by atoms with Crippen molar-refractivity contribution in [1.82, 2.24) is 15.5 Å².